The molecule has 102 valence electrons. The lowest BCUT2D eigenvalue weighted by Gasteiger charge is -2.07. The van der Waals surface area contributed by atoms with Crippen LogP contribution < -0.4 is 5.32 Å². The fourth-order valence-corrected chi connectivity index (χ4v) is 1.86. The molecule has 0 saturated heterocycles. The number of ether oxygens (including phenoxy) is 2. The summed E-state index contributed by atoms with van der Waals surface area (Å²) in [6.45, 7) is 3.70. The van der Waals surface area contributed by atoms with E-state index in [4.69, 9.17) is 9.47 Å². The lowest BCUT2D eigenvalue weighted by atomic mass is 10.1. The summed E-state index contributed by atoms with van der Waals surface area (Å²) in [5.41, 5.74) is 2.30. The number of fused-ring (bicyclic) bond motifs is 1. The Morgan fingerprint density at radius 2 is 2.11 bits per heavy atom. The summed E-state index contributed by atoms with van der Waals surface area (Å²) in [4.78, 5) is 4.31. The van der Waals surface area contributed by atoms with Crippen molar-refractivity contribution in [1.29, 1.82) is 0 Å². The van der Waals surface area contributed by atoms with Gasteiger partial charge in [0.25, 0.3) is 0 Å². The summed E-state index contributed by atoms with van der Waals surface area (Å²) < 4.78 is 10.3. The molecule has 4 heteroatoms. The molecule has 0 aliphatic heterocycles. The van der Waals surface area contributed by atoms with Crippen molar-refractivity contribution in [2.75, 3.05) is 33.5 Å². The molecule has 0 unspecified atom stereocenters. The monoisotopic (exact) mass is 260 g/mol. The van der Waals surface area contributed by atoms with Crippen molar-refractivity contribution in [3.8, 4) is 0 Å². The zero-order valence-corrected chi connectivity index (χ0v) is 11.3. The van der Waals surface area contributed by atoms with Gasteiger partial charge < -0.3 is 14.8 Å². The molecule has 0 bridgehead atoms. The van der Waals surface area contributed by atoms with Crippen LogP contribution in [0.25, 0.3) is 10.9 Å². The fourth-order valence-electron chi connectivity index (χ4n) is 1.86. The number of hydrogen-bond acceptors (Lipinski definition) is 4. The summed E-state index contributed by atoms with van der Waals surface area (Å²) in [6.07, 6.45) is 1.82. The average molecular weight is 260 g/mol. The second-order valence-corrected chi connectivity index (χ2v) is 4.31. The van der Waals surface area contributed by atoms with Crippen molar-refractivity contribution in [3.63, 3.8) is 0 Å². The zero-order valence-electron chi connectivity index (χ0n) is 11.3. The summed E-state index contributed by atoms with van der Waals surface area (Å²) in [7, 11) is 1.68. The second kappa shape index (κ2) is 7.84. The first kappa shape index (κ1) is 13.9. The van der Waals surface area contributed by atoms with Crippen LogP contribution in [-0.4, -0.2) is 38.5 Å². The van der Waals surface area contributed by atoms with Crippen LogP contribution in [0.1, 0.15) is 5.56 Å². The van der Waals surface area contributed by atoms with Crippen LogP contribution in [0.2, 0.25) is 0 Å². The largest absolute Gasteiger partial charge is 0.382 e. The van der Waals surface area contributed by atoms with E-state index < -0.39 is 0 Å². The normalized spacial score (nSPS) is 11.0. The van der Waals surface area contributed by atoms with Crippen LogP contribution in [-0.2, 0) is 16.0 Å². The van der Waals surface area contributed by atoms with Crippen molar-refractivity contribution in [1.82, 2.24) is 10.3 Å². The lowest BCUT2D eigenvalue weighted by Crippen LogP contribution is -2.20. The smallest absolute Gasteiger partial charge is 0.0702 e. The van der Waals surface area contributed by atoms with Gasteiger partial charge in [0.05, 0.1) is 25.3 Å². The Morgan fingerprint density at radius 3 is 3.00 bits per heavy atom. The van der Waals surface area contributed by atoms with Crippen molar-refractivity contribution < 1.29 is 9.47 Å². The third kappa shape index (κ3) is 4.59. The number of rotatable bonds is 8. The molecule has 0 spiro atoms. The van der Waals surface area contributed by atoms with Crippen LogP contribution in [0.15, 0.2) is 36.5 Å². The summed E-state index contributed by atoms with van der Waals surface area (Å²) >= 11 is 0. The first-order chi connectivity index (χ1) is 9.40. The molecule has 0 amide bonds. The molecule has 0 atom stereocenters. The van der Waals surface area contributed by atoms with Gasteiger partial charge in [-0.25, -0.2) is 0 Å². The maximum absolute atomic E-state index is 5.38. The summed E-state index contributed by atoms with van der Waals surface area (Å²) in [5.74, 6) is 0. The van der Waals surface area contributed by atoms with Crippen LogP contribution in [0, 0.1) is 0 Å². The molecule has 19 heavy (non-hydrogen) atoms. The summed E-state index contributed by atoms with van der Waals surface area (Å²) in [5, 5.41) is 4.54. The van der Waals surface area contributed by atoms with Crippen LogP contribution in [0.4, 0.5) is 0 Å². The van der Waals surface area contributed by atoms with Crippen molar-refractivity contribution in [2.45, 2.75) is 6.54 Å². The minimum Gasteiger partial charge on any atom is -0.382 e. The zero-order chi connectivity index (χ0) is 13.3. The second-order valence-electron chi connectivity index (χ2n) is 4.31. The van der Waals surface area contributed by atoms with Gasteiger partial charge in [0.15, 0.2) is 0 Å². The molecule has 0 radical (unpaired) electrons. The van der Waals surface area contributed by atoms with Crippen LogP contribution in [0.3, 0.4) is 0 Å². The predicted octanol–water partition coefficient (Wildman–Crippen LogP) is 1.99. The maximum atomic E-state index is 5.38. The highest BCUT2D eigenvalue weighted by Gasteiger charge is 1.97. The van der Waals surface area contributed by atoms with Gasteiger partial charge >= 0.3 is 0 Å². The number of nitrogens with one attached hydrogen (secondary N) is 1. The van der Waals surface area contributed by atoms with E-state index in [0.717, 1.165) is 18.6 Å². The van der Waals surface area contributed by atoms with Gasteiger partial charge in [0, 0.05) is 31.8 Å². The number of nitrogens with zero attached hydrogens (tertiary/aromatic N) is 1. The lowest BCUT2D eigenvalue weighted by molar-refractivity contribution is 0.0719. The molecular weight excluding hydrogens is 240 g/mol. The standard InChI is InChI=1S/C15H20N2O2/c1-18-9-10-19-8-7-16-12-13-4-5-15-14(11-13)3-2-6-17-15/h2-6,11,16H,7-10,12H2,1H3. The van der Waals surface area contributed by atoms with E-state index in [2.05, 4.69) is 34.6 Å². The fraction of sp³-hybridized carbons (Fsp3) is 0.400. The Bertz CT molecular complexity index is 502. The SMILES string of the molecule is COCCOCCNCc1ccc2ncccc2c1. The van der Waals surface area contributed by atoms with E-state index in [-0.39, 0.29) is 0 Å². The van der Waals surface area contributed by atoms with Crippen molar-refractivity contribution >= 4 is 10.9 Å². The van der Waals surface area contributed by atoms with Gasteiger partial charge in [0.1, 0.15) is 0 Å². The Labute approximate surface area is 113 Å². The molecule has 4 nitrogen and oxygen atoms in total. The van der Waals surface area contributed by atoms with Crippen LogP contribution in [0.5, 0.6) is 0 Å². The number of methoxy groups -OCH3 is 1. The van der Waals surface area contributed by atoms with Gasteiger partial charge in [-0.2, -0.15) is 0 Å². The molecule has 0 saturated carbocycles. The Morgan fingerprint density at radius 1 is 1.16 bits per heavy atom. The molecule has 0 fully saturated rings. The Hall–Kier alpha value is -1.49. The topological polar surface area (TPSA) is 43.4 Å². The predicted molar refractivity (Wildman–Crippen MR) is 76.1 cm³/mol. The molecule has 0 aliphatic carbocycles. The minimum atomic E-state index is 0.650. The quantitative estimate of drug-likeness (QED) is 0.737. The Kier molecular flexibility index (Phi) is 5.75. The first-order valence-corrected chi connectivity index (χ1v) is 6.51. The first-order valence-electron chi connectivity index (χ1n) is 6.51. The van der Waals surface area contributed by atoms with Gasteiger partial charge in [-0.15, -0.1) is 0 Å². The third-order valence-corrected chi connectivity index (χ3v) is 2.85. The van der Waals surface area contributed by atoms with E-state index in [1.165, 1.54) is 10.9 Å². The van der Waals surface area contributed by atoms with E-state index in [0.29, 0.717) is 19.8 Å². The van der Waals surface area contributed by atoms with Gasteiger partial charge in [-0.05, 0) is 23.8 Å². The highest BCUT2D eigenvalue weighted by atomic mass is 16.5. The van der Waals surface area contributed by atoms with E-state index in [9.17, 15) is 0 Å². The molecular formula is C15H20N2O2. The molecule has 1 heterocycles. The van der Waals surface area contributed by atoms with Crippen molar-refractivity contribution in [2.24, 2.45) is 0 Å². The number of aromatic nitrogens is 1. The number of benzene rings is 1. The molecule has 1 aromatic carbocycles. The minimum absolute atomic E-state index is 0.650. The molecule has 2 rings (SSSR count). The molecule has 2 aromatic rings. The van der Waals surface area contributed by atoms with E-state index >= 15 is 0 Å². The summed E-state index contributed by atoms with van der Waals surface area (Å²) in [6, 6.07) is 10.4. The molecule has 0 aliphatic rings. The third-order valence-electron chi connectivity index (χ3n) is 2.85. The van der Waals surface area contributed by atoms with Gasteiger partial charge in [-0.3, -0.25) is 4.98 Å². The highest BCUT2D eigenvalue weighted by Crippen LogP contribution is 2.12. The highest BCUT2D eigenvalue weighted by molar-refractivity contribution is 5.78. The van der Waals surface area contributed by atoms with Crippen molar-refractivity contribution in [3.05, 3.63) is 42.1 Å². The Balaban J connectivity index is 1.72. The molecule has 1 aromatic heterocycles. The maximum Gasteiger partial charge on any atom is 0.0702 e. The number of hydrogen-bond donors (Lipinski definition) is 1. The van der Waals surface area contributed by atoms with Gasteiger partial charge in [0.2, 0.25) is 0 Å². The van der Waals surface area contributed by atoms with E-state index in [1.807, 2.05) is 12.3 Å². The van der Waals surface area contributed by atoms with Crippen LogP contribution >= 0.6 is 0 Å². The number of pyridine rings is 1. The average Bonchev–Trinajstić information content (AvgIpc) is 2.46. The van der Waals surface area contributed by atoms with Gasteiger partial charge in [-0.1, -0.05) is 12.1 Å². The molecule has 1 N–H and O–H groups in total. The van der Waals surface area contributed by atoms with E-state index in [1.54, 1.807) is 7.11 Å².